The number of hydrogen-bond acceptors (Lipinski definition) is 6. The first-order valence-electron chi connectivity index (χ1n) is 29.4. The van der Waals surface area contributed by atoms with Gasteiger partial charge in [-0.25, -0.2) is 8.78 Å². The van der Waals surface area contributed by atoms with Crippen molar-refractivity contribution in [2.24, 2.45) is 0 Å². The third kappa shape index (κ3) is 28.2. The van der Waals surface area contributed by atoms with Gasteiger partial charge in [-0.3, -0.25) is 19.2 Å². The second kappa shape index (κ2) is 43.3. The molecule has 472 valence electrons. The third-order valence-electron chi connectivity index (χ3n) is 13.3. The molecule has 14 heteroatoms. The lowest BCUT2D eigenvalue weighted by molar-refractivity contribution is -0.132. The number of carbonyl (C=O) groups excluding carboxylic acids is 4. The van der Waals surface area contributed by atoms with Gasteiger partial charge in [0.2, 0.25) is 20.1 Å². The molecule has 2 aliphatic rings. The minimum absolute atomic E-state index is 0. The summed E-state index contributed by atoms with van der Waals surface area (Å²) in [5.74, 6) is -0.895. The summed E-state index contributed by atoms with van der Waals surface area (Å²) >= 11 is 0. The normalized spacial score (nSPS) is 15.2. The fourth-order valence-electron chi connectivity index (χ4n) is 7.50. The molecule has 0 radical (unpaired) electrons. The molecular formula is C72H103ClF2N4O6Si. The van der Waals surface area contributed by atoms with E-state index in [1.165, 1.54) is 97.7 Å². The van der Waals surface area contributed by atoms with Crippen molar-refractivity contribution < 1.29 is 37.5 Å². The maximum absolute atomic E-state index is 13.3. The van der Waals surface area contributed by atoms with Crippen LogP contribution in [0.1, 0.15) is 164 Å². The molecule has 0 spiro atoms. The molecule has 3 N–H and O–H groups in total. The second-order valence-electron chi connectivity index (χ2n) is 21.5. The highest BCUT2D eigenvalue weighted by molar-refractivity contribution is 6.74. The first kappa shape index (κ1) is 80.7. The maximum atomic E-state index is 13.3. The lowest BCUT2D eigenvalue weighted by atomic mass is 9.87. The van der Waals surface area contributed by atoms with Crippen LogP contribution in [0.3, 0.4) is 0 Å². The van der Waals surface area contributed by atoms with Crippen LogP contribution in [0.2, 0.25) is 18.1 Å². The molecule has 0 bridgehead atoms. The van der Waals surface area contributed by atoms with E-state index in [2.05, 4.69) is 142 Å². The van der Waals surface area contributed by atoms with Gasteiger partial charge in [0.1, 0.15) is 35.2 Å². The summed E-state index contributed by atoms with van der Waals surface area (Å²) < 4.78 is 32.8. The number of rotatable bonds is 11. The van der Waals surface area contributed by atoms with Gasteiger partial charge in [0.05, 0.1) is 12.1 Å². The predicted octanol–water partition coefficient (Wildman–Crippen LogP) is 19.0. The molecule has 6 aromatic rings. The fourth-order valence-corrected chi connectivity index (χ4v) is 8.53. The van der Waals surface area contributed by atoms with Crippen LogP contribution >= 0.6 is 12.4 Å². The molecule has 86 heavy (non-hydrogen) atoms. The fraction of sp³-hybridized carbons (Fsp3) is 0.389. The number of aryl methyl sites for hydroxylation is 2. The molecule has 2 heterocycles. The van der Waals surface area contributed by atoms with Crippen LogP contribution in [0.25, 0.3) is 0 Å². The van der Waals surface area contributed by atoms with Crippen molar-refractivity contribution in [3.63, 3.8) is 0 Å². The molecule has 6 aromatic carbocycles. The molecule has 2 aliphatic heterocycles. The molecular weight excluding hydrogens is 1120 g/mol. The minimum atomic E-state index is -1.96. The van der Waals surface area contributed by atoms with E-state index in [-0.39, 0.29) is 71.9 Å². The monoisotopic (exact) mass is 1220 g/mol. The molecule has 4 atom stereocenters. The van der Waals surface area contributed by atoms with Crippen LogP contribution < -0.4 is 24.9 Å². The number of amides is 4. The van der Waals surface area contributed by atoms with E-state index in [1.807, 2.05) is 81.5 Å². The lowest BCUT2D eigenvalue weighted by Gasteiger charge is -2.47. The van der Waals surface area contributed by atoms with Crippen molar-refractivity contribution in [2.45, 2.75) is 186 Å². The highest BCUT2D eigenvalue weighted by Crippen LogP contribution is 2.42. The number of aromatic hydroxyl groups is 1. The Morgan fingerprint density at radius 3 is 1.21 bits per heavy atom. The summed E-state index contributed by atoms with van der Waals surface area (Å²) in [7, 11) is -1.96. The first-order chi connectivity index (χ1) is 39.9. The Bertz CT molecular complexity index is 2840. The average Bonchev–Trinajstić information content (AvgIpc) is 0.800. The molecule has 10 nitrogen and oxygen atoms in total. The van der Waals surface area contributed by atoms with Crippen LogP contribution in [-0.2, 0) is 25.6 Å². The number of allylic oxidation sites excluding steroid dienone is 4. The summed E-state index contributed by atoms with van der Waals surface area (Å²) in [4.78, 5) is 51.2. The Labute approximate surface area is 524 Å². The van der Waals surface area contributed by atoms with E-state index in [0.717, 1.165) is 29.7 Å². The molecule has 0 saturated carbocycles. The number of nitrogens with one attached hydrogen (secondary N) is 2. The van der Waals surface area contributed by atoms with Crippen molar-refractivity contribution in [2.75, 3.05) is 9.80 Å². The molecule has 2 saturated heterocycles. The van der Waals surface area contributed by atoms with Crippen LogP contribution in [0.5, 0.6) is 11.5 Å². The van der Waals surface area contributed by atoms with Crippen molar-refractivity contribution in [1.29, 1.82) is 0 Å². The van der Waals surface area contributed by atoms with Crippen molar-refractivity contribution in [3.05, 3.63) is 216 Å². The summed E-state index contributed by atoms with van der Waals surface area (Å²) in [5.41, 5.74) is 5.52. The van der Waals surface area contributed by atoms with Crippen molar-refractivity contribution in [1.82, 2.24) is 10.6 Å². The number of hydrogen-bond donors (Lipinski definition) is 3. The van der Waals surface area contributed by atoms with Gasteiger partial charge in [-0.1, -0.05) is 204 Å². The largest absolute Gasteiger partial charge is 0.544 e. The van der Waals surface area contributed by atoms with E-state index in [9.17, 15) is 33.1 Å². The SMILES string of the molecule is C.CC(=O)N[C@H]1C(=O)N(c2ccc(F)cc2)[C@@H]1c1ccc(O)cc1.CC(=O)N[C@H]1C(=O)N(c2ccc(F)cc2)[C@@H]1c1ccc(O[Si](C)(C)C(C)(C)C)cc1.CC=CC.CC=CCC.CCC.CCCC.CCc1ccccc1.Cc1ccccc1.Cl. The number of phenolic OH excluding ortho intramolecular Hbond substituents is 1. The van der Waals surface area contributed by atoms with Crippen molar-refractivity contribution >= 4 is 55.7 Å². The number of phenols is 1. The number of carbonyl (C=O) groups is 4. The van der Waals surface area contributed by atoms with E-state index in [0.29, 0.717) is 11.4 Å². The van der Waals surface area contributed by atoms with Crippen molar-refractivity contribution in [3.8, 4) is 11.5 Å². The predicted molar refractivity (Wildman–Crippen MR) is 364 cm³/mol. The smallest absolute Gasteiger partial charge is 0.252 e. The number of unbranched alkanes of at least 4 members (excludes halogenated alkanes) is 1. The van der Waals surface area contributed by atoms with Gasteiger partial charge in [-0.2, -0.15) is 0 Å². The Morgan fingerprint density at radius 1 is 0.593 bits per heavy atom. The Balaban J connectivity index is 0. The van der Waals surface area contributed by atoms with Gasteiger partial charge >= 0.3 is 0 Å². The van der Waals surface area contributed by atoms with Gasteiger partial charge in [0, 0.05) is 25.2 Å². The molecule has 2 fully saturated rings. The van der Waals surface area contributed by atoms with Crippen LogP contribution in [-0.4, -0.2) is 49.1 Å². The Kier molecular flexibility index (Phi) is 40.6. The molecule has 4 amide bonds. The molecule has 8 rings (SSSR count). The van der Waals surface area contributed by atoms with Gasteiger partial charge in [-0.05, 0) is 148 Å². The van der Waals surface area contributed by atoms with Gasteiger partial charge < -0.3 is 30.0 Å². The summed E-state index contributed by atoms with van der Waals surface area (Å²) in [6.07, 6.45) is 14.4. The third-order valence-corrected chi connectivity index (χ3v) is 17.6. The average molecular weight is 1220 g/mol. The van der Waals surface area contributed by atoms with Crippen LogP contribution in [0.4, 0.5) is 20.2 Å². The second-order valence-corrected chi connectivity index (χ2v) is 26.2. The zero-order chi connectivity index (χ0) is 63.4. The number of benzene rings is 6. The number of nitrogens with zero attached hydrogens (tertiary/aromatic N) is 2. The summed E-state index contributed by atoms with van der Waals surface area (Å²) in [5, 5.41) is 14.9. The quantitative estimate of drug-likeness (QED) is 0.0673. The zero-order valence-corrected chi connectivity index (χ0v) is 55.5. The minimum Gasteiger partial charge on any atom is -0.544 e. The Hall–Kier alpha value is -7.35. The number of β-lactam (4-membered cyclic amide) rings is 2. The number of anilines is 2. The Morgan fingerprint density at radius 2 is 0.953 bits per heavy atom. The van der Waals surface area contributed by atoms with Gasteiger partial charge in [0.15, 0.2) is 0 Å². The lowest BCUT2D eigenvalue weighted by Crippen LogP contribution is -2.65. The maximum Gasteiger partial charge on any atom is 0.252 e. The highest BCUT2D eigenvalue weighted by Gasteiger charge is 2.50. The standard InChI is InChI=1S/C23H29FN2O3Si.C17H15FN2O3.C8H10.C7H8.C5H10.C4H10.C4H8.C3H8.CH4.ClH/c1-15(27)25-20-21(26(22(20)28)18-11-9-17(24)10-12-18)16-7-13-19(14-8-16)29-30(5,6)23(2,3)4;1-10(21)19-15-16(11-2-8-14(22)9-3-11)20(17(15)23)13-6-4-12(18)5-7-13;1-2-8-6-4-3-5-7-8;1-7-5-3-2-4-6-7;1-3-5-4-2;2*1-3-4-2;1-3-2;;/h7-14,20-21H,1-6H3,(H,25,27);2-9,15-16,22H,1H3,(H,19,21);3-7H,2H2,1H3;2-6H,1H3;3,5H,4H2,1-2H3;3-4H2,1-2H3;3-4H,1-2H3;3H2,1-2H3;1H4;1H/t20-,21-;15-,16-;;;;;;;;/m11......../s1. The van der Waals surface area contributed by atoms with E-state index >= 15 is 0 Å². The number of halogens is 3. The van der Waals surface area contributed by atoms with Gasteiger partial charge in [0.25, 0.3) is 11.8 Å². The molecule has 0 unspecified atom stereocenters. The van der Waals surface area contributed by atoms with Crippen LogP contribution in [0.15, 0.2) is 182 Å². The molecule has 0 aromatic heterocycles. The zero-order valence-electron chi connectivity index (χ0n) is 53.7. The van der Waals surface area contributed by atoms with E-state index in [4.69, 9.17) is 4.43 Å². The topological polar surface area (TPSA) is 128 Å². The first-order valence-corrected chi connectivity index (χ1v) is 32.3. The highest BCUT2D eigenvalue weighted by atomic mass is 35.5. The van der Waals surface area contributed by atoms with E-state index in [1.54, 1.807) is 29.2 Å². The summed E-state index contributed by atoms with van der Waals surface area (Å²) in [6, 6.07) is 44.1. The summed E-state index contributed by atoms with van der Waals surface area (Å²) in [6.45, 7) is 34.7. The van der Waals surface area contributed by atoms with Crippen LogP contribution in [0, 0.1) is 18.6 Å². The molecule has 0 aliphatic carbocycles. The van der Waals surface area contributed by atoms with Gasteiger partial charge in [-0.15, -0.1) is 12.4 Å². The van der Waals surface area contributed by atoms with E-state index < -0.39 is 26.4 Å².